The largest absolute Gasteiger partial charge is 0.393 e. The number of aliphatic hydroxyl groups excluding tert-OH is 1. The van der Waals surface area contributed by atoms with Crippen LogP contribution in [0.1, 0.15) is 34.1 Å². The van der Waals surface area contributed by atoms with Crippen LogP contribution in [-0.2, 0) is 4.74 Å². The van der Waals surface area contributed by atoms with Crippen LogP contribution in [0.2, 0.25) is 0 Å². The van der Waals surface area contributed by atoms with Crippen molar-refractivity contribution in [1.29, 1.82) is 0 Å². The Balaban J connectivity index is 3.52. The molecule has 102 valence electrons. The first-order valence-corrected chi connectivity index (χ1v) is 6.22. The van der Waals surface area contributed by atoms with Gasteiger partial charge in [0, 0.05) is 13.2 Å². The van der Waals surface area contributed by atoms with Gasteiger partial charge in [-0.15, -0.1) is 0 Å². The molecule has 0 spiro atoms. The summed E-state index contributed by atoms with van der Waals surface area (Å²) in [6.45, 7) is 9.46. The molecular formula is C12H26N2O3. The molecule has 0 aliphatic rings. The van der Waals surface area contributed by atoms with E-state index in [1.165, 1.54) is 0 Å². The average molecular weight is 246 g/mol. The van der Waals surface area contributed by atoms with Crippen LogP contribution in [0.3, 0.4) is 0 Å². The Morgan fingerprint density at radius 2 is 1.88 bits per heavy atom. The fraction of sp³-hybridized carbons (Fsp3) is 0.917. The van der Waals surface area contributed by atoms with Crippen molar-refractivity contribution in [3.8, 4) is 0 Å². The highest BCUT2D eigenvalue weighted by Crippen LogP contribution is 1.94. The van der Waals surface area contributed by atoms with E-state index in [-0.39, 0.29) is 18.2 Å². The smallest absolute Gasteiger partial charge is 0.315 e. The van der Waals surface area contributed by atoms with E-state index >= 15 is 0 Å². The molecule has 0 bridgehead atoms. The molecule has 0 aromatic rings. The minimum Gasteiger partial charge on any atom is -0.393 e. The van der Waals surface area contributed by atoms with E-state index in [1.54, 1.807) is 6.92 Å². The van der Waals surface area contributed by atoms with Gasteiger partial charge in [0.2, 0.25) is 0 Å². The Labute approximate surface area is 104 Å². The number of rotatable bonds is 8. The minimum atomic E-state index is -0.387. The number of hydrogen-bond acceptors (Lipinski definition) is 3. The van der Waals surface area contributed by atoms with Crippen LogP contribution in [-0.4, -0.2) is 43.0 Å². The van der Waals surface area contributed by atoms with Crippen LogP contribution in [0.15, 0.2) is 0 Å². The molecule has 2 unspecified atom stereocenters. The monoisotopic (exact) mass is 246 g/mol. The van der Waals surface area contributed by atoms with Crippen molar-refractivity contribution in [3.63, 3.8) is 0 Å². The number of urea groups is 1. The van der Waals surface area contributed by atoms with E-state index in [2.05, 4.69) is 24.5 Å². The zero-order valence-electron chi connectivity index (χ0n) is 11.3. The minimum absolute atomic E-state index is 0.0136. The van der Waals surface area contributed by atoms with Gasteiger partial charge in [0.15, 0.2) is 0 Å². The Morgan fingerprint density at radius 3 is 2.41 bits per heavy atom. The van der Waals surface area contributed by atoms with Crippen molar-refractivity contribution < 1.29 is 14.6 Å². The van der Waals surface area contributed by atoms with Gasteiger partial charge in [-0.25, -0.2) is 4.79 Å². The summed E-state index contributed by atoms with van der Waals surface area (Å²) in [7, 11) is 0. The second-order valence-corrected chi connectivity index (χ2v) is 4.87. The first-order chi connectivity index (χ1) is 7.91. The summed E-state index contributed by atoms with van der Waals surface area (Å²) in [6, 6.07) is -0.230. The molecule has 2 atom stereocenters. The lowest BCUT2D eigenvalue weighted by Crippen LogP contribution is -2.43. The van der Waals surface area contributed by atoms with E-state index in [9.17, 15) is 4.79 Å². The number of amides is 2. The highest BCUT2D eigenvalue weighted by atomic mass is 16.5. The zero-order valence-corrected chi connectivity index (χ0v) is 11.3. The SMILES string of the molecule is CC(C)COCC(C)NC(=O)NCCC(C)O. The third-order valence-corrected chi connectivity index (χ3v) is 2.04. The average Bonchev–Trinajstić information content (AvgIpc) is 2.15. The normalized spacial score (nSPS) is 14.5. The number of carbonyl (C=O) groups is 1. The van der Waals surface area contributed by atoms with Crippen LogP contribution in [0.5, 0.6) is 0 Å². The summed E-state index contributed by atoms with van der Waals surface area (Å²) in [6.07, 6.45) is 0.174. The summed E-state index contributed by atoms with van der Waals surface area (Å²) >= 11 is 0. The van der Waals surface area contributed by atoms with Crippen LogP contribution in [0, 0.1) is 5.92 Å². The number of nitrogens with one attached hydrogen (secondary N) is 2. The fourth-order valence-electron chi connectivity index (χ4n) is 1.19. The number of ether oxygens (including phenoxy) is 1. The molecule has 5 nitrogen and oxygen atoms in total. The molecule has 0 saturated heterocycles. The van der Waals surface area contributed by atoms with E-state index < -0.39 is 0 Å². The van der Waals surface area contributed by atoms with Crippen LogP contribution in [0.25, 0.3) is 0 Å². The molecule has 2 amide bonds. The number of hydrogen-bond donors (Lipinski definition) is 3. The molecule has 0 radical (unpaired) electrons. The summed E-state index contributed by atoms with van der Waals surface area (Å²) in [5.74, 6) is 0.502. The van der Waals surface area contributed by atoms with E-state index in [1.807, 2.05) is 6.92 Å². The van der Waals surface area contributed by atoms with Crippen molar-refractivity contribution >= 4 is 6.03 Å². The first-order valence-electron chi connectivity index (χ1n) is 6.22. The number of carbonyl (C=O) groups excluding carboxylic acids is 1. The molecule has 3 N–H and O–H groups in total. The molecule has 0 aliphatic heterocycles. The third kappa shape index (κ3) is 11.5. The van der Waals surface area contributed by atoms with Crippen LogP contribution < -0.4 is 10.6 Å². The maximum atomic E-state index is 11.4. The molecule has 0 fully saturated rings. The lowest BCUT2D eigenvalue weighted by molar-refractivity contribution is 0.0953. The van der Waals surface area contributed by atoms with Crippen molar-refractivity contribution in [2.24, 2.45) is 5.92 Å². The highest BCUT2D eigenvalue weighted by Gasteiger charge is 2.07. The molecule has 0 aromatic carbocycles. The molecule has 0 aliphatic carbocycles. The van der Waals surface area contributed by atoms with Gasteiger partial charge in [0.1, 0.15) is 0 Å². The summed E-state index contributed by atoms with van der Waals surface area (Å²) in [5.41, 5.74) is 0. The number of aliphatic hydroxyl groups is 1. The summed E-state index contributed by atoms with van der Waals surface area (Å²) < 4.78 is 5.42. The molecule has 5 heteroatoms. The molecule has 0 heterocycles. The second kappa shape index (κ2) is 9.24. The maximum Gasteiger partial charge on any atom is 0.315 e. The van der Waals surface area contributed by atoms with Gasteiger partial charge in [0.25, 0.3) is 0 Å². The third-order valence-electron chi connectivity index (χ3n) is 2.04. The zero-order chi connectivity index (χ0) is 13.3. The van der Waals surface area contributed by atoms with E-state index in [0.29, 0.717) is 32.1 Å². The van der Waals surface area contributed by atoms with Crippen LogP contribution in [0.4, 0.5) is 4.79 Å². The maximum absolute atomic E-state index is 11.4. The van der Waals surface area contributed by atoms with Gasteiger partial charge in [-0.3, -0.25) is 0 Å². The molecule has 0 saturated carbocycles. The standard InChI is InChI=1S/C12H26N2O3/c1-9(2)7-17-8-10(3)14-12(16)13-6-5-11(4)15/h9-11,15H,5-8H2,1-4H3,(H2,13,14,16). The van der Waals surface area contributed by atoms with E-state index in [4.69, 9.17) is 9.84 Å². The molecule has 0 aromatic heterocycles. The van der Waals surface area contributed by atoms with Crippen LogP contribution >= 0.6 is 0 Å². The van der Waals surface area contributed by atoms with Crippen molar-refractivity contribution in [3.05, 3.63) is 0 Å². The predicted molar refractivity (Wildman–Crippen MR) is 68.0 cm³/mol. The first kappa shape index (κ1) is 16.2. The van der Waals surface area contributed by atoms with Gasteiger partial charge in [-0.1, -0.05) is 13.8 Å². The lowest BCUT2D eigenvalue weighted by Gasteiger charge is -2.16. The highest BCUT2D eigenvalue weighted by molar-refractivity contribution is 5.74. The summed E-state index contributed by atoms with van der Waals surface area (Å²) in [4.78, 5) is 11.4. The van der Waals surface area contributed by atoms with E-state index in [0.717, 1.165) is 0 Å². The van der Waals surface area contributed by atoms with Crippen molar-refractivity contribution in [2.45, 2.75) is 46.3 Å². The Bertz CT molecular complexity index is 208. The lowest BCUT2D eigenvalue weighted by atomic mass is 10.2. The fourth-order valence-corrected chi connectivity index (χ4v) is 1.19. The Hall–Kier alpha value is -0.810. The van der Waals surface area contributed by atoms with Gasteiger partial charge < -0.3 is 20.5 Å². The van der Waals surface area contributed by atoms with Gasteiger partial charge in [-0.05, 0) is 26.2 Å². The topological polar surface area (TPSA) is 70.6 Å². The molecule has 17 heavy (non-hydrogen) atoms. The van der Waals surface area contributed by atoms with Gasteiger partial charge >= 0.3 is 6.03 Å². The summed E-state index contributed by atoms with van der Waals surface area (Å²) in [5, 5.41) is 14.5. The Kier molecular flexibility index (Phi) is 8.80. The van der Waals surface area contributed by atoms with Crippen molar-refractivity contribution in [1.82, 2.24) is 10.6 Å². The van der Waals surface area contributed by atoms with Gasteiger partial charge in [-0.2, -0.15) is 0 Å². The van der Waals surface area contributed by atoms with Crippen molar-refractivity contribution in [2.75, 3.05) is 19.8 Å². The molecule has 0 rings (SSSR count). The van der Waals surface area contributed by atoms with Gasteiger partial charge in [0.05, 0.1) is 18.8 Å². The molecular weight excluding hydrogens is 220 g/mol. The quantitative estimate of drug-likeness (QED) is 0.601. The predicted octanol–water partition coefficient (Wildman–Crippen LogP) is 1.12. The second-order valence-electron chi connectivity index (χ2n) is 4.87. The Morgan fingerprint density at radius 1 is 1.24 bits per heavy atom.